The van der Waals surface area contributed by atoms with Crippen molar-refractivity contribution in [1.29, 1.82) is 0 Å². The predicted molar refractivity (Wildman–Crippen MR) is 49.3 cm³/mol. The zero-order valence-electron chi connectivity index (χ0n) is 7.39. The second-order valence-electron chi connectivity index (χ2n) is 2.86. The van der Waals surface area contributed by atoms with E-state index in [1.54, 1.807) is 0 Å². The van der Waals surface area contributed by atoms with Crippen molar-refractivity contribution in [3.63, 3.8) is 0 Å². The van der Waals surface area contributed by atoms with Crippen LogP contribution >= 0.6 is 0 Å². The number of benzene rings is 1. The lowest BCUT2D eigenvalue weighted by Crippen LogP contribution is -1.85. The van der Waals surface area contributed by atoms with Gasteiger partial charge >= 0.3 is 0 Å². The number of rotatable bonds is 4. The summed E-state index contributed by atoms with van der Waals surface area (Å²) in [7, 11) is 0. The van der Waals surface area contributed by atoms with Gasteiger partial charge in [-0.15, -0.1) is 0 Å². The number of aryl methyl sites for hydroxylation is 1. The van der Waals surface area contributed by atoms with E-state index in [1.807, 2.05) is 12.1 Å². The number of halogens is 1. The van der Waals surface area contributed by atoms with Crippen molar-refractivity contribution >= 4 is 0 Å². The van der Waals surface area contributed by atoms with E-state index >= 15 is 0 Å². The van der Waals surface area contributed by atoms with Gasteiger partial charge in [-0.1, -0.05) is 25.5 Å². The minimum atomic E-state index is -0.154. The van der Waals surface area contributed by atoms with Crippen molar-refractivity contribution in [2.45, 2.75) is 26.2 Å². The maximum Gasteiger partial charge on any atom is 0.123 e. The molecule has 1 aromatic carbocycles. The second-order valence-corrected chi connectivity index (χ2v) is 2.86. The van der Waals surface area contributed by atoms with Gasteiger partial charge < -0.3 is 0 Å². The third-order valence-electron chi connectivity index (χ3n) is 1.84. The molecule has 1 radical (unpaired) electrons. The van der Waals surface area contributed by atoms with Crippen molar-refractivity contribution in [3.8, 4) is 0 Å². The van der Waals surface area contributed by atoms with Crippen LogP contribution in [0.15, 0.2) is 24.3 Å². The van der Waals surface area contributed by atoms with Gasteiger partial charge in [0.15, 0.2) is 0 Å². The lowest BCUT2D eigenvalue weighted by atomic mass is 10.1. The molecule has 0 atom stereocenters. The number of hydrogen-bond donors (Lipinski definition) is 0. The fourth-order valence-corrected chi connectivity index (χ4v) is 1.12. The Bertz CT molecular complexity index is 213. The first-order chi connectivity index (χ1) is 5.83. The molecular weight excluding hydrogens is 151 g/mol. The standard InChI is InChI=1S/C11H14F/c1-2-3-4-5-10-6-8-11(12)9-7-10/h3,6-9H,2,4-5H2,1H3. The van der Waals surface area contributed by atoms with Crippen LogP contribution in [0, 0.1) is 12.2 Å². The van der Waals surface area contributed by atoms with Crippen molar-refractivity contribution < 1.29 is 4.39 Å². The van der Waals surface area contributed by atoms with Gasteiger partial charge in [-0.05, 0) is 37.0 Å². The molecule has 1 rings (SSSR count). The molecule has 0 heterocycles. The molecule has 0 saturated heterocycles. The average molecular weight is 165 g/mol. The maximum atomic E-state index is 12.5. The largest absolute Gasteiger partial charge is 0.207 e. The van der Waals surface area contributed by atoms with Crippen LogP contribution in [-0.4, -0.2) is 0 Å². The maximum absolute atomic E-state index is 12.5. The predicted octanol–water partition coefficient (Wildman–Crippen LogP) is 3.37. The molecule has 0 nitrogen and oxygen atoms in total. The third-order valence-corrected chi connectivity index (χ3v) is 1.84. The van der Waals surface area contributed by atoms with Gasteiger partial charge in [-0.3, -0.25) is 0 Å². The summed E-state index contributed by atoms with van der Waals surface area (Å²) in [5.74, 6) is -0.154. The van der Waals surface area contributed by atoms with Crippen LogP contribution in [-0.2, 0) is 6.42 Å². The first-order valence-corrected chi connectivity index (χ1v) is 4.39. The van der Waals surface area contributed by atoms with E-state index in [0.717, 1.165) is 19.3 Å². The van der Waals surface area contributed by atoms with E-state index in [0.29, 0.717) is 0 Å². The van der Waals surface area contributed by atoms with E-state index in [4.69, 9.17) is 0 Å². The minimum Gasteiger partial charge on any atom is -0.207 e. The molecule has 0 saturated carbocycles. The summed E-state index contributed by atoms with van der Waals surface area (Å²) in [5, 5.41) is 0. The highest BCUT2D eigenvalue weighted by Crippen LogP contribution is 2.06. The fraction of sp³-hybridized carbons (Fsp3) is 0.364. The van der Waals surface area contributed by atoms with Gasteiger partial charge in [-0.2, -0.15) is 0 Å². The highest BCUT2D eigenvalue weighted by Gasteiger charge is 1.93. The van der Waals surface area contributed by atoms with Crippen LogP contribution in [0.25, 0.3) is 0 Å². The molecule has 0 fully saturated rings. The van der Waals surface area contributed by atoms with E-state index in [2.05, 4.69) is 13.3 Å². The summed E-state index contributed by atoms with van der Waals surface area (Å²) in [6.07, 6.45) is 5.46. The molecule has 0 bridgehead atoms. The monoisotopic (exact) mass is 165 g/mol. The van der Waals surface area contributed by atoms with Crippen LogP contribution in [0.1, 0.15) is 25.3 Å². The van der Waals surface area contributed by atoms with E-state index in [-0.39, 0.29) is 5.82 Å². The Labute approximate surface area is 73.4 Å². The molecule has 0 unspecified atom stereocenters. The van der Waals surface area contributed by atoms with Crippen molar-refractivity contribution in [3.05, 3.63) is 42.1 Å². The smallest absolute Gasteiger partial charge is 0.123 e. The molecule has 65 valence electrons. The molecule has 0 amide bonds. The first-order valence-electron chi connectivity index (χ1n) is 4.39. The summed E-state index contributed by atoms with van der Waals surface area (Å²) >= 11 is 0. The summed E-state index contributed by atoms with van der Waals surface area (Å²) < 4.78 is 12.5. The summed E-state index contributed by atoms with van der Waals surface area (Å²) in [5.41, 5.74) is 1.21. The highest BCUT2D eigenvalue weighted by atomic mass is 19.1. The normalized spacial score (nSPS) is 10.2. The summed E-state index contributed by atoms with van der Waals surface area (Å²) in [4.78, 5) is 0. The topological polar surface area (TPSA) is 0 Å². The van der Waals surface area contributed by atoms with Gasteiger partial charge in [0.05, 0.1) is 0 Å². The summed E-state index contributed by atoms with van der Waals surface area (Å²) in [6, 6.07) is 6.72. The van der Waals surface area contributed by atoms with Crippen LogP contribution < -0.4 is 0 Å². The molecule has 0 aliphatic heterocycles. The zero-order valence-corrected chi connectivity index (χ0v) is 7.39. The molecule has 1 heteroatoms. The first kappa shape index (κ1) is 9.24. The fourth-order valence-electron chi connectivity index (χ4n) is 1.12. The highest BCUT2D eigenvalue weighted by molar-refractivity contribution is 5.16. The van der Waals surface area contributed by atoms with Crippen LogP contribution in [0.5, 0.6) is 0 Å². The van der Waals surface area contributed by atoms with Gasteiger partial charge in [0.1, 0.15) is 5.82 Å². The molecule has 0 aromatic heterocycles. The number of hydrogen-bond acceptors (Lipinski definition) is 0. The lowest BCUT2D eigenvalue weighted by molar-refractivity contribution is 0.627. The number of unbranched alkanes of at least 4 members (excludes halogenated alkanes) is 2. The molecule has 0 aliphatic rings. The Morgan fingerprint density at radius 2 is 1.92 bits per heavy atom. The Morgan fingerprint density at radius 1 is 1.25 bits per heavy atom. The minimum absolute atomic E-state index is 0.154. The molecule has 1 aromatic rings. The van der Waals surface area contributed by atoms with E-state index < -0.39 is 0 Å². The Hall–Kier alpha value is -0.850. The van der Waals surface area contributed by atoms with Crippen LogP contribution in [0.3, 0.4) is 0 Å². The quantitative estimate of drug-likeness (QED) is 0.600. The van der Waals surface area contributed by atoms with Gasteiger partial charge in [0.25, 0.3) is 0 Å². The molecule has 0 aliphatic carbocycles. The van der Waals surface area contributed by atoms with E-state index in [1.165, 1.54) is 17.7 Å². The van der Waals surface area contributed by atoms with Crippen LogP contribution in [0.2, 0.25) is 0 Å². The van der Waals surface area contributed by atoms with Gasteiger partial charge in [-0.25, -0.2) is 4.39 Å². The van der Waals surface area contributed by atoms with Crippen molar-refractivity contribution in [2.75, 3.05) is 0 Å². The Kier molecular flexibility index (Phi) is 3.78. The molecular formula is C11H14F. The second kappa shape index (κ2) is 4.91. The average Bonchev–Trinajstić information content (AvgIpc) is 2.09. The van der Waals surface area contributed by atoms with Gasteiger partial charge in [0, 0.05) is 0 Å². The Balaban J connectivity index is 2.37. The third kappa shape index (κ3) is 3.04. The van der Waals surface area contributed by atoms with Crippen LogP contribution in [0.4, 0.5) is 4.39 Å². The lowest BCUT2D eigenvalue weighted by Gasteiger charge is -1.98. The summed E-state index contributed by atoms with van der Waals surface area (Å²) in [6.45, 7) is 2.13. The van der Waals surface area contributed by atoms with E-state index in [9.17, 15) is 4.39 Å². The SMILES string of the molecule is CC[CH]CCc1ccc(F)cc1. The van der Waals surface area contributed by atoms with Crippen molar-refractivity contribution in [2.24, 2.45) is 0 Å². The molecule has 0 N–H and O–H groups in total. The van der Waals surface area contributed by atoms with Crippen molar-refractivity contribution in [1.82, 2.24) is 0 Å². The molecule has 12 heavy (non-hydrogen) atoms. The van der Waals surface area contributed by atoms with Gasteiger partial charge in [0.2, 0.25) is 0 Å². The Morgan fingerprint density at radius 3 is 2.50 bits per heavy atom. The zero-order chi connectivity index (χ0) is 8.81. The molecule has 0 spiro atoms.